The Balaban J connectivity index is 1.62. The van der Waals surface area contributed by atoms with Crippen LogP contribution in [0.15, 0.2) is 42.5 Å². The van der Waals surface area contributed by atoms with Crippen LogP contribution in [0.2, 0.25) is 0 Å². The van der Waals surface area contributed by atoms with E-state index in [0.29, 0.717) is 17.9 Å². The van der Waals surface area contributed by atoms with Gasteiger partial charge in [0.1, 0.15) is 12.2 Å². The molecule has 1 aliphatic rings. The van der Waals surface area contributed by atoms with Crippen molar-refractivity contribution in [2.75, 3.05) is 18.4 Å². The number of carbonyl (C=O) groups is 1. The van der Waals surface area contributed by atoms with E-state index < -0.39 is 11.4 Å². The van der Waals surface area contributed by atoms with E-state index in [2.05, 4.69) is 23.6 Å². The van der Waals surface area contributed by atoms with Crippen LogP contribution >= 0.6 is 0 Å². The third-order valence-corrected chi connectivity index (χ3v) is 5.79. The van der Waals surface area contributed by atoms with Crippen molar-refractivity contribution >= 4 is 11.7 Å². The second-order valence-electron chi connectivity index (χ2n) is 8.18. The number of hydrogen-bond acceptors (Lipinski definition) is 5. The lowest BCUT2D eigenvalue weighted by molar-refractivity contribution is -0.142. The van der Waals surface area contributed by atoms with Crippen molar-refractivity contribution in [3.8, 4) is 11.8 Å². The van der Waals surface area contributed by atoms with Crippen molar-refractivity contribution in [3.63, 3.8) is 0 Å². The molecule has 0 saturated heterocycles. The number of nitrogens with one attached hydrogen (secondary N) is 2. The molecular formula is C24H29N3O3. The molecule has 2 atom stereocenters. The Bertz CT molecular complexity index is 949. The first-order valence-electron chi connectivity index (χ1n) is 10.4. The summed E-state index contributed by atoms with van der Waals surface area (Å²) >= 11 is 0. The Labute approximate surface area is 177 Å². The van der Waals surface area contributed by atoms with Crippen LogP contribution in [0.4, 0.5) is 5.69 Å². The molecule has 0 aromatic heterocycles. The molecule has 1 aliphatic heterocycles. The normalized spacial score (nSPS) is 16.5. The third kappa shape index (κ3) is 4.58. The fourth-order valence-electron chi connectivity index (χ4n) is 3.70. The molecule has 0 radical (unpaired) electrons. The van der Waals surface area contributed by atoms with E-state index in [1.165, 1.54) is 0 Å². The zero-order valence-electron chi connectivity index (χ0n) is 17.7. The summed E-state index contributed by atoms with van der Waals surface area (Å²) in [6, 6.07) is 15.7. The molecule has 2 aromatic rings. The SMILES string of the molecule is CC[C@@H](NCCc1cccc(C(C)(C)C(=O)O)c1)[C@H]1CNc2cccc(C#N)c2O1. The van der Waals surface area contributed by atoms with E-state index in [9.17, 15) is 15.2 Å². The zero-order chi connectivity index (χ0) is 21.7. The third-order valence-electron chi connectivity index (χ3n) is 5.79. The predicted octanol–water partition coefficient (Wildman–Crippen LogP) is 3.70. The van der Waals surface area contributed by atoms with E-state index in [1.807, 2.05) is 36.4 Å². The number of anilines is 1. The molecule has 0 spiro atoms. The van der Waals surface area contributed by atoms with E-state index in [-0.39, 0.29) is 12.1 Å². The highest BCUT2D eigenvalue weighted by molar-refractivity contribution is 5.80. The van der Waals surface area contributed by atoms with Gasteiger partial charge in [-0.1, -0.05) is 37.3 Å². The molecule has 2 aromatic carbocycles. The Morgan fingerprint density at radius 1 is 1.37 bits per heavy atom. The van der Waals surface area contributed by atoms with E-state index in [1.54, 1.807) is 19.9 Å². The highest BCUT2D eigenvalue weighted by Gasteiger charge is 2.30. The van der Waals surface area contributed by atoms with Gasteiger partial charge < -0.3 is 20.5 Å². The highest BCUT2D eigenvalue weighted by atomic mass is 16.5. The van der Waals surface area contributed by atoms with E-state index in [4.69, 9.17) is 4.74 Å². The van der Waals surface area contributed by atoms with Crippen molar-refractivity contribution in [1.29, 1.82) is 5.26 Å². The number of rotatable bonds is 8. The van der Waals surface area contributed by atoms with Crippen molar-refractivity contribution in [1.82, 2.24) is 5.32 Å². The molecule has 6 nitrogen and oxygen atoms in total. The molecule has 0 aliphatic carbocycles. The van der Waals surface area contributed by atoms with Gasteiger partial charge in [0.2, 0.25) is 0 Å². The van der Waals surface area contributed by atoms with Crippen LogP contribution in [0, 0.1) is 11.3 Å². The van der Waals surface area contributed by atoms with E-state index >= 15 is 0 Å². The van der Waals surface area contributed by atoms with Crippen LogP contribution in [0.3, 0.4) is 0 Å². The first-order valence-corrected chi connectivity index (χ1v) is 10.4. The van der Waals surface area contributed by atoms with Crippen LogP contribution in [0.25, 0.3) is 0 Å². The fraction of sp³-hybridized carbons (Fsp3) is 0.417. The molecule has 158 valence electrons. The van der Waals surface area contributed by atoms with Gasteiger partial charge in [-0.2, -0.15) is 5.26 Å². The second kappa shape index (κ2) is 9.19. The van der Waals surface area contributed by atoms with Gasteiger partial charge in [0, 0.05) is 6.04 Å². The van der Waals surface area contributed by atoms with Gasteiger partial charge in [-0.3, -0.25) is 4.79 Å². The van der Waals surface area contributed by atoms with Gasteiger partial charge in [0.05, 0.1) is 23.2 Å². The minimum Gasteiger partial charge on any atom is -0.483 e. The Hall–Kier alpha value is -3.04. The number of para-hydroxylation sites is 1. The lowest BCUT2D eigenvalue weighted by Crippen LogP contribution is -2.48. The summed E-state index contributed by atoms with van der Waals surface area (Å²) in [5.74, 6) is -0.206. The minimum absolute atomic E-state index is 0.0747. The molecule has 30 heavy (non-hydrogen) atoms. The molecule has 0 unspecified atom stereocenters. The number of aliphatic carboxylic acids is 1. The second-order valence-corrected chi connectivity index (χ2v) is 8.18. The van der Waals surface area contributed by atoms with Gasteiger partial charge >= 0.3 is 5.97 Å². The summed E-state index contributed by atoms with van der Waals surface area (Å²) in [7, 11) is 0. The minimum atomic E-state index is -0.914. The van der Waals surface area contributed by atoms with Gasteiger partial charge in [-0.15, -0.1) is 0 Å². The number of nitrogens with zero attached hydrogens (tertiary/aromatic N) is 1. The lowest BCUT2D eigenvalue weighted by atomic mass is 9.84. The van der Waals surface area contributed by atoms with Gasteiger partial charge in [0.25, 0.3) is 0 Å². The average molecular weight is 408 g/mol. The monoisotopic (exact) mass is 407 g/mol. The van der Waals surface area contributed by atoms with Crippen LogP contribution in [-0.2, 0) is 16.6 Å². The van der Waals surface area contributed by atoms with Crippen molar-refractivity contribution < 1.29 is 14.6 Å². The molecule has 0 saturated carbocycles. The molecule has 0 amide bonds. The summed E-state index contributed by atoms with van der Waals surface area (Å²) < 4.78 is 6.19. The van der Waals surface area contributed by atoms with Crippen LogP contribution in [-0.4, -0.2) is 36.3 Å². The summed E-state index contributed by atoms with van der Waals surface area (Å²) in [6.45, 7) is 6.99. The fourth-order valence-corrected chi connectivity index (χ4v) is 3.70. The topological polar surface area (TPSA) is 94.4 Å². The Morgan fingerprint density at radius 3 is 2.83 bits per heavy atom. The standard InChI is InChI=1S/C24H29N3O3/c1-4-19(21-15-27-20-10-6-8-17(14-25)22(20)30-21)26-12-11-16-7-5-9-18(13-16)24(2,3)23(28)29/h5-10,13,19,21,26-27H,4,11-12,15H2,1-3H3,(H,28,29)/t19-,21-/m1/s1. The number of hydrogen-bond donors (Lipinski definition) is 3. The number of nitriles is 1. The van der Waals surface area contributed by atoms with Gasteiger partial charge in [-0.25, -0.2) is 0 Å². The lowest BCUT2D eigenvalue weighted by Gasteiger charge is -2.33. The Kier molecular flexibility index (Phi) is 6.63. The summed E-state index contributed by atoms with van der Waals surface area (Å²) in [6.07, 6.45) is 1.61. The summed E-state index contributed by atoms with van der Waals surface area (Å²) in [5.41, 5.74) is 2.39. The molecular weight excluding hydrogens is 378 g/mol. The molecule has 3 rings (SSSR count). The van der Waals surface area contributed by atoms with Gasteiger partial charge in [-0.05, 0) is 56.5 Å². The molecule has 1 heterocycles. The maximum atomic E-state index is 11.5. The van der Waals surface area contributed by atoms with Crippen LogP contribution in [0.1, 0.15) is 43.9 Å². The van der Waals surface area contributed by atoms with Crippen molar-refractivity contribution in [2.24, 2.45) is 0 Å². The van der Waals surface area contributed by atoms with Crippen LogP contribution in [0.5, 0.6) is 5.75 Å². The maximum Gasteiger partial charge on any atom is 0.313 e. The first kappa shape index (κ1) is 21.7. The first-order chi connectivity index (χ1) is 14.4. The number of fused-ring (bicyclic) bond motifs is 1. The summed E-state index contributed by atoms with van der Waals surface area (Å²) in [4.78, 5) is 11.5. The summed E-state index contributed by atoms with van der Waals surface area (Å²) in [5, 5.41) is 25.8. The number of carboxylic acid groups (broad SMARTS) is 1. The predicted molar refractivity (Wildman–Crippen MR) is 117 cm³/mol. The number of ether oxygens (including phenoxy) is 1. The number of benzene rings is 2. The van der Waals surface area contributed by atoms with Crippen LogP contribution < -0.4 is 15.4 Å². The van der Waals surface area contributed by atoms with Gasteiger partial charge in [0.15, 0.2) is 5.75 Å². The number of carboxylic acids is 1. The quantitative estimate of drug-likeness (QED) is 0.618. The largest absolute Gasteiger partial charge is 0.483 e. The average Bonchev–Trinajstić information content (AvgIpc) is 2.76. The molecule has 6 heteroatoms. The molecule has 3 N–H and O–H groups in total. The molecule has 0 bridgehead atoms. The van der Waals surface area contributed by atoms with E-state index in [0.717, 1.165) is 36.2 Å². The Morgan fingerprint density at radius 2 is 2.13 bits per heavy atom. The maximum absolute atomic E-state index is 11.5. The zero-order valence-corrected chi connectivity index (χ0v) is 17.7. The molecule has 0 fully saturated rings. The smallest absolute Gasteiger partial charge is 0.313 e. The highest BCUT2D eigenvalue weighted by Crippen LogP contribution is 2.33. The van der Waals surface area contributed by atoms with Crippen molar-refractivity contribution in [2.45, 2.75) is 51.2 Å². The van der Waals surface area contributed by atoms with Crippen molar-refractivity contribution in [3.05, 3.63) is 59.2 Å².